The molecule has 0 unspecified atom stereocenters. The standard InChI is InChI=1S/C28H36N4O3/c1-6-8-10-19(3)11-12-22(9-7-2)17-30-27(29)24-13-23(28-31-15-20(4)16-32-28)14-25(21(24)5)35-18-26(33)34/h9-16H,6-8,17-18H2,1-5H3,(H2,29,30)(H,33,34)/b12-11-,19-10+,22-9-. The summed E-state index contributed by atoms with van der Waals surface area (Å²) in [5, 5.41) is 9.08. The molecule has 0 aliphatic carbocycles. The molecule has 0 spiro atoms. The molecule has 0 aliphatic heterocycles. The van der Waals surface area contributed by atoms with Crippen LogP contribution in [0.25, 0.3) is 11.4 Å². The van der Waals surface area contributed by atoms with Gasteiger partial charge >= 0.3 is 5.97 Å². The minimum absolute atomic E-state index is 0.338. The van der Waals surface area contributed by atoms with E-state index in [1.54, 1.807) is 18.5 Å². The van der Waals surface area contributed by atoms with Gasteiger partial charge in [-0.25, -0.2) is 14.8 Å². The molecule has 35 heavy (non-hydrogen) atoms. The maximum Gasteiger partial charge on any atom is 0.341 e. The van der Waals surface area contributed by atoms with Crippen LogP contribution in [0.4, 0.5) is 0 Å². The lowest BCUT2D eigenvalue weighted by Crippen LogP contribution is -2.18. The van der Waals surface area contributed by atoms with Gasteiger partial charge in [0.15, 0.2) is 12.4 Å². The molecule has 3 N–H and O–H groups in total. The number of carboxylic acids is 1. The smallest absolute Gasteiger partial charge is 0.341 e. The molecular formula is C28H36N4O3. The average molecular weight is 477 g/mol. The summed E-state index contributed by atoms with van der Waals surface area (Å²) in [5.41, 5.74) is 11.7. The van der Waals surface area contributed by atoms with Gasteiger partial charge in [-0.15, -0.1) is 0 Å². The highest BCUT2D eigenvalue weighted by Gasteiger charge is 2.15. The molecule has 2 rings (SSSR count). The fraction of sp³-hybridized carbons (Fsp3) is 0.357. The second-order valence-corrected chi connectivity index (χ2v) is 8.37. The first-order valence-corrected chi connectivity index (χ1v) is 11.9. The second-order valence-electron chi connectivity index (χ2n) is 8.37. The highest BCUT2D eigenvalue weighted by molar-refractivity contribution is 6.00. The van der Waals surface area contributed by atoms with Crippen molar-refractivity contribution in [2.75, 3.05) is 13.2 Å². The lowest BCUT2D eigenvalue weighted by atomic mass is 10.0. The number of unbranched alkanes of at least 4 members (excludes halogenated alkanes) is 1. The molecule has 0 atom stereocenters. The van der Waals surface area contributed by atoms with Gasteiger partial charge in [0.25, 0.3) is 0 Å². The van der Waals surface area contributed by atoms with Gasteiger partial charge in [0.05, 0.1) is 6.54 Å². The fourth-order valence-corrected chi connectivity index (χ4v) is 3.30. The van der Waals surface area contributed by atoms with E-state index in [-0.39, 0.29) is 0 Å². The maximum atomic E-state index is 11.1. The monoisotopic (exact) mass is 476 g/mol. The van der Waals surface area contributed by atoms with Gasteiger partial charge in [-0.3, -0.25) is 4.99 Å². The van der Waals surface area contributed by atoms with Crippen LogP contribution in [0.1, 0.15) is 56.7 Å². The van der Waals surface area contributed by atoms with Gasteiger partial charge in [0, 0.05) is 29.1 Å². The van der Waals surface area contributed by atoms with Crippen LogP contribution in [0, 0.1) is 13.8 Å². The van der Waals surface area contributed by atoms with Gasteiger partial charge in [-0.05, 0) is 56.9 Å². The number of aliphatic carboxylic acids is 1. The molecule has 1 aromatic carbocycles. The molecule has 0 saturated carbocycles. The minimum Gasteiger partial charge on any atom is -0.482 e. The van der Waals surface area contributed by atoms with Crippen molar-refractivity contribution < 1.29 is 14.6 Å². The maximum absolute atomic E-state index is 11.1. The van der Waals surface area contributed by atoms with Crippen molar-refractivity contribution in [3.63, 3.8) is 0 Å². The number of benzene rings is 1. The Morgan fingerprint density at radius 3 is 2.49 bits per heavy atom. The van der Waals surface area contributed by atoms with E-state index in [0.29, 0.717) is 40.6 Å². The fourth-order valence-electron chi connectivity index (χ4n) is 3.30. The van der Waals surface area contributed by atoms with Crippen LogP contribution in [0.2, 0.25) is 0 Å². The Kier molecular flexibility index (Phi) is 10.9. The Labute approximate surface area is 208 Å². The van der Waals surface area contributed by atoms with E-state index < -0.39 is 12.6 Å². The molecule has 2 aromatic rings. The summed E-state index contributed by atoms with van der Waals surface area (Å²) in [4.78, 5) is 24.5. The summed E-state index contributed by atoms with van der Waals surface area (Å²) in [6.07, 6.45) is 15.0. The number of hydrogen-bond donors (Lipinski definition) is 2. The third-order valence-electron chi connectivity index (χ3n) is 5.24. The number of allylic oxidation sites excluding steroid dienone is 4. The molecular weight excluding hydrogens is 440 g/mol. The molecule has 0 amide bonds. The van der Waals surface area contributed by atoms with Gasteiger partial charge in [-0.1, -0.05) is 50.1 Å². The Morgan fingerprint density at radius 1 is 1.14 bits per heavy atom. The lowest BCUT2D eigenvalue weighted by Gasteiger charge is -2.14. The van der Waals surface area contributed by atoms with Gasteiger partial charge in [-0.2, -0.15) is 0 Å². The van der Waals surface area contributed by atoms with E-state index in [1.807, 2.05) is 19.9 Å². The Balaban J connectivity index is 2.41. The number of hydrogen-bond acceptors (Lipinski definition) is 5. The summed E-state index contributed by atoms with van der Waals surface area (Å²) in [5.74, 6) is 0.177. The Bertz CT molecular complexity index is 1130. The van der Waals surface area contributed by atoms with Gasteiger partial charge in [0.2, 0.25) is 0 Å². The number of ether oxygens (including phenoxy) is 1. The summed E-state index contributed by atoms with van der Waals surface area (Å²) in [7, 11) is 0. The quantitative estimate of drug-likeness (QED) is 0.235. The van der Waals surface area contributed by atoms with Crippen molar-refractivity contribution in [2.45, 2.75) is 53.9 Å². The predicted octanol–water partition coefficient (Wildman–Crippen LogP) is 5.57. The van der Waals surface area contributed by atoms with E-state index >= 15 is 0 Å². The van der Waals surface area contributed by atoms with Crippen LogP contribution >= 0.6 is 0 Å². The number of aromatic nitrogens is 2. The summed E-state index contributed by atoms with van der Waals surface area (Å²) >= 11 is 0. The number of carbonyl (C=O) groups is 1. The second kappa shape index (κ2) is 13.8. The van der Waals surface area contributed by atoms with E-state index in [9.17, 15) is 4.79 Å². The first kappa shape index (κ1) is 27.5. The number of carboxylic acid groups (broad SMARTS) is 1. The third kappa shape index (κ3) is 8.85. The number of aliphatic imine (C=N–C) groups is 1. The molecule has 7 nitrogen and oxygen atoms in total. The Morgan fingerprint density at radius 2 is 1.86 bits per heavy atom. The number of nitrogens with zero attached hydrogens (tertiary/aromatic N) is 3. The van der Waals surface area contributed by atoms with Crippen molar-refractivity contribution in [3.8, 4) is 17.1 Å². The van der Waals surface area contributed by atoms with Crippen LogP contribution in [0.3, 0.4) is 0 Å². The van der Waals surface area contributed by atoms with Crippen molar-refractivity contribution in [1.29, 1.82) is 0 Å². The van der Waals surface area contributed by atoms with Crippen LogP contribution in [-0.4, -0.2) is 40.0 Å². The first-order valence-electron chi connectivity index (χ1n) is 11.9. The van der Waals surface area contributed by atoms with Crippen molar-refractivity contribution in [2.24, 2.45) is 10.7 Å². The molecule has 7 heteroatoms. The predicted molar refractivity (Wildman–Crippen MR) is 142 cm³/mol. The van der Waals surface area contributed by atoms with Crippen molar-refractivity contribution in [1.82, 2.24) is 9.97 Å². The van der Waals surface area contributed by atoms with E-state index in [2.05, 4.69) is 60.0 Å². The molecule has 0 fully saturated rings. The zero-order valence-corrected chi connectivity index (χ0v) is 21.3. The SMILES string of the molecule is CC/C=C(/C=C\C(C)=C\CCC)CN=C(N)c1cc(-c2ncc(C)cn2)cc(OCC(=O)O)c1C. The summed E-state index contributed by atoms with van der Waals surface area (Å²) in [6, 6.07) is 3.60. The van der Waals surface area contributed by atoms with Gasteiger partial charge < -0.3 is 15.6 Å². The van der Waals surface area contributed by atoms with Crippen LogP contribution in [0.5, 0.6) is 5.75 Å². The third-order valence-corrected chi connectivity index (χ3v) is 5.24. The number of amidine groups is 1. The first-order chi connectivity index (χ1) is 16.7. The zero-order valence-electron chi connectivity index (χ0n) is 21.3. The molecule has 0 aliphatic rings. The van der Waals surface area contributed by atoms with Crippen LogP contribution in [-0.2, 0) is 4.79 Å². The molecule has 1 heterocycles. The molecule has 0 bridgehead atoms. The molecule has 0 saturated heterocycles. The highest BCUT2D eigenvalue weighted by Crippen LogP contribution is 2.29. The number of nitrogens with two attached hydrogens (primary N) is 1. The van der Waals surface area contributed by atoms with E-state index in [4.69, 9.17) is 15.6 Å². The molecule has 186 valence electrons. The topological polar surface area (TPSA) is 111 Å². The molecule has 1 aromatic heterocycles. The lowest BCUT2D eigenvalue weighted by molar-refractivity contribution is -0.139. The van der Waals surface area contributed by atoms with Crippen LogP contribution < -0.4 is 10.5 Å². The van der Waals surface area contributed by atoms with Crippen LogP contribution in [0.15, 0.2) is 65.0 Å². The number of aryl methyl sites for hydroxylation is 1. The number of rotatable bonds is 12. The Hall–Kier alpha value is -3.74. The van der Waals surface area contributed by atoms with Crippen molar-refractivity contribution >= 4 is 11.8 Å². The van der Waals surface area contributed by atoms with Crippen molar-refractivity contribution in [3.05, 3.63) is 76.7 Å². The van der Waals surface area contributed by atoms with E-state index in [0.717, 1.165) is 30.4 Å². The molecule has 0 radical (unpaired) electrons. The summed E-state index contributed by atoms with van der Waals surface area (Å²) in [6.45, 7) is 10.0. The largest absolute Gasteiger partial charge is 0.482 e. The highest BCUT2D eigenvalue weighted by atomic mass is 16.5. The zero-order chi connectivity index (χ0) is 25.8. The summed E-state index contributed by atoms with van der Waals surface area (Å²) < 4.78 is 5.54. The van der Waals surface area contributed by atoms with E-state index in [1.165, 1.54) is 5.57 Å². The normalized spacial score (nSPS) is 12.9. The average Bonchev–Trinajstić information content (AvgIpc) is 2.84. The van der Waals surface area contributed by atoms with Gasteiger partial charge in [0.1, 0.15) is 11.6 Å². The minimum atomic E-state index is -1.06.